The van der Waals surface area contributed by atoms with Crippen LogP contribution in [-0.4, -0.2) is 24.6 Å². The molecule has 10 heteroatoms. The molecule has 1 atom stereocenters. The monoisotopic (exact) mass is 467 g/mol. The Morgan fingerprint density at radius 3 is 2.46 bits per heavy atom. The maximum atomic E-state index is 12.7. The molecule has 0 aliphatic heterocycles. The van der Waals surface area contributed by atoms with E-state index in [9.17, 15) is 14.4 Å². The van der Waals surface area contributed by atoms with Gasteiger partial charge in [0.25, 0.3) is 5.56 Å². The van der Waals surface area contributed by atoms with Crippen LogP contribution in [0.4, 0.5) is 0 Å². The number of rotatable bonds is 5. The predicted molar refractivity (Wildman–Crippen MR) is 111 cm³/mol. The number of aryl methyl sites for hydroxylation is 1. The number of benzene rings is 1. The molecule has 28 heavy (non-hydrogen) atoms. The van der Waals surface area contributed by atoms with Gasteiger partial charge in [0.15, 0.2) is 15.9 Å². The number of nitrogens with zero attached hydrogens (tertiary/aromatic N) is 4. The second-order valence-corrected chi connectivity index (χ2v) is 7.57. The fraction of sp³-hybridized carbons (Fsp3) is 0.333. The van der Waals surface area contributed by atoms with Crippen molar-refractivity contribution >= 4 is 44.6 Å². The first kappa shape index (κ1) is 20.3. The molecular weight excluding hydrogens is 450 g/mol. The van der Waals surface area contributed by atoms with Crippen molar-refractivity contribution < 1.29 is 4.79 Å². The van der Waals surface area contributed by atoms with Crippen LogP contribution in [0.25, 0.3) is 11.2 Å². The van der Waals surface area contributed by atoms with E-state index in [1.165, 1.54) is 23.2 Å². The largest absolute Gasteiger partial charge is 0.348 e. The first-order chi connectivity index (χ1) is 13.2. The second-order valence-electron chi connectivity index (χ2n) is 6.42. The average Bonchev–Trinajstić information content (AvgIpc) is 3.00. The minimum absolute atomic E-state index is 0.0956. The minimum atomic E-state index is -0.509. The molecular formula is C18H19BrClN5O3. The van der Waals surface area contributed by atoms with Gasteiger partial charge < -0.3 is 5.32 Å². The highest BCUT2D eigenvalue weighted by molar-refractivity contribution is 9.10. The summed E-state index contributed by atoms with van der Waals surface area (Å²) in [5.41, 5.74) is 0.351. The van der Waals surface area contributed by atoms with Gasteiger partial charge in [-0.25, -0.2) is 9.78 Å². The van der Waals surface area contributed by atoms with Gasteiger partial charge >= 0.3 is 5.69 Å². The Morgan fingerprint density at radius 2 is 1.86 bits per heavy atom. The van der Waals surface area contributed by atoms with Crippen molar-refractivity contribution in [2.45, 2.75) is 25.9 Å². The van der Waals surface area contributed by atoms with Crippen LogP contribution in [0.3, 0.4) is 0 Å². The minimum Gasteiger partial charge on any atom is -0.348 e. The Kier molecular flexibility index (Phi) is 5.76. The zero-order valence-electron chi connectivity index (χ0n) is 15.6. The number of nitrogens with one attached hydrogen (secondary N) is 1. The van der Waals surface area contributed by atoms with Crippen LogP contribution in [0, 0.1) is 0 Å². The van der Waals surface area contributed by atoms with Crippen LogP contribution in [0.2, 0.25) is 5.02 Å². The number of hydrogen-bond acceptors (Lipinski definition) is 4. The summed E-state index contributed by atoms with van der Waals surface area (Å²) >= 11 is 9.21. The number of fused-ring (bicyclic) bond motifs is 1. The van der Waals surface area contributed by atoms with Gasteiger partial charge in [0, 0.05) is 19.1 Å². The van der Waals surface area contributed by atoms with E-state index >= 15 is 0 Å². The van der Waals surface area contributed by atoms with Crippen LogP contribution in [0.5, 0.6) is 0 Å². The highest BCUT2D eigenvalue weighted by atomic mass is 79.9. The normalized spacial score (nSPS) is 12.3. The van der Waals surface area contributed by atoms with Crippen molar-refractivity contribution in [3.63, 3.8) is 0 Å². The molecule has 2 aromatic heterocycles. The topological polar surface area (TPSA) is 90.9 Å². The molecule has 0 radical (unpaired) electrons. The quantitative estimate of drug-likeness (QED) is 0.581. The van der Waals surface area contributed by atoms with E-state index in [4.69, 9.17) is 11.6 Å². The summed E-state index contributed by atoms with van der Waals surface area (Å²) < 4.78 is 4.09. The Morgan fingerprint density at radius 1 is 1.21 bits per heavy atom. The molecule has 0 aliphatic carbocycles. The maximum absolute atomic E-state index is 12.7. The third-order valence-electron chi connectivity index (χ3n) is 4.61. The lowest BCUT2D eigenvalue weighted by Crippen LogP contribution is -2.38. The number of imidazole rings is 1. The van der Waals surface area contributed by atoms with Gasteiger partial charge in [0.2, 0.25) is 5.91 Å². The highest BCUT2D eigenvalue weighted by Crippen LogP contribution is 2.20. The van der Waals surface area contributed by atoms with Crippen LogP contribution in [-0.2, 0) is 25.4 Å². The van der Waals surface area contributed by atoms with Crippen LogP contribution in [0.1, 0.15) is 24.9 Å². The van der Waals surface area contributed by atoms with Gasteiger partial charge in [-0.1, -0.05) is 30.7 Å². The molecule has 1 N–H and O–H groups in total. The average molecular weight is 469 g/mol. The lowest BCUT2D eigenvalue weighted by atomic mass is 10.0. The molecule has 0 fully saturated rings. The van der Waals surface area contributed by atoms with Crippen molar-refractivity contribution in [3.05, 3.63) is 60.4 Å². The van der Waals surface area contributed by atoms with Crippen molar-refractivity contribution in [3.8, 4) is 0 Å². The summed E-state index contributed by atoms with van der Waals surface area (Å²) in [6.07, 6.45) is 0.693. The van der Waals surface area contributed by atoms with E-state index in [-0.39, 0.29) is 29.7 Å². The predicted octanol–water partition coefficient (Wildman–Crippen LogP) is 2.12. The molecule has 0 spiro atoms. The molecule has 148 valence electrons. The number of halogens is 2. The van der Waals surface area contributed by atoms with Gasteiger partial charge in [0.1, 0.15) is 6.54 Å². The molecule has 0 saturated carbocycles. The smallest absolute Gasteiger partial charge is 0.332 e. The van der Waals surface area contributed by atoms with E-state index < -0.39 is 11.2 Å². The summed E-state index contributed by atoms with van der Waals surface area (Å²) in [5.74, 6) is -0.269. The number of hydrogen-bond donors (Lipinski definition) is 1. The van der Waals surface area contributed by atoms with Gasteiger partial charge in [-0.15, -0.1) is 0 Å². The fourth-order valence-electron chi connectivity index (χ4n) is 3.10. The van der Waals surface area contributed by atoms with Gasteiger partial charge in [0.05, 0.1) is 6.04 Å². The Balaban J connectivity index is 1.93. The molecule has 0 aliphatic rings. The lowest BCUT2D eigenvalue weighted by Gasteiger charge is -2.18. The highest BCUT2D eigenvalue weighted by Gasteiger charge is 2.20. The number of carbonyl (C=O) groups excluding carboxylic acids is 1. The van der Waals surface area contributed by atoms with Crippen molar-refractivity contribution in [1.82, 2.24) is 24.0 Å². The molecule has 0 bridgehead atoms. The lowest BCUT2D eigenvalue weighted by molar-refractivity contribution is -0.122. The van der Waals surface area contributed by atoms with Crippen LogP contribution >= 0.6 is 27.5 Å². The Labute approximate surface area is 173 Å². The summed E-state index contributed by atoms with van der Waals surface area (Å²) in [6, 6.07) is 7.10. The van der Waals surface area contributed by atoms with E-state index in [2.05, 4.69) is 26.2 Å². The van der Waals surface area contributed by atoms with Crippen molar-refractivity contribution in [1.29, 1.82) is 0 Å². The zero-order valence-corrected chi connectivity index (χ0v) is 17.9. The molecule has 1 amide bonds. The van der Waals surface area contributed by atoms with E-state index in [1.54, 1.807) is 12.1 Å². The van der Waals surface area contributed by atoms with Crippen molar-refractivity contribution in [2.75, 3.05) is 0 Å². The number of amides is 1. The van der Waals surface area contributed by atoms with Gasteiger partial charge in [-0.2, -0.15) is 0 Å². The third-order valence-corrected chi connectivity index (χ3v) is 5.47. The molecule has 2 heterocycles. The fourth-order valence-corrected chi connectivity index (χ4v) is 3.70. The maximum Gasteiger partial charge on any atom is 0.332 e. The Hall–Kier alpha value is -2.39. The van der Waals surface area contributed by atoms with Crippen molar-refractivity contribution in [2.24, 2.45) is 14.1 Å². The molecule has 0 saturated heterocycles. The van der Waals surface area contributed by atoms with Gasteiger partial charge in [-0.3, -0.25) is 23.3 Å². The molecule has 1 aromatic carbocycles. The first-order valence-electron chi connectivity index (χ1n) is 8.61. The molecule has 3 aromatic rings. The standard InChI is InChI=1S/C18H19BrClN5O3/c1-4-12(10-5-7-11(20)8-6-10)21-13(26)9-25-15-14(22-17(25)19)16(27)24(3)18(28)23(15)2/h5-8,12H,4,9H2,1-3H3,(H,21,26). The van der Waals surface area contributed by atoms with Gasteiger partial charge in [-0.05, 0) is 40.0 Å². The van der Waals surface area contributed by atoms with Crippen LogP contribution < -0.4 is 16.6 Å². The zero-order chi connectivity index (χ0) is 20.6. The molecule has 1 unspecified atom stereocenters. The van der Waals surface area contributed by atoms with E-state index in [0.29, 0.717) is 16.2 Å². The SMILES string of the molecule is CCC(NC(=O)Cn1c(Br)nc2c(=O)n(C)c(=O)n(C)c21)c1ccc(Cl)cc1. The summed E-state index contributed by atoms with van der Waals surface area (Å²) in [6.45, 7) is 1.87. The number of carbonyl (C=O) groups is 1. The molecule has 8 nitrogen and oxygen atoms in total. The molecule has 3 rings (SSSR count). The van der Waals surface area contributed by atoms with E-state index in [1.807, 2.05) is 19.1 Å². The summed E-state index contributed by atoms with van der Waals surface area (Å²) in [7, 11) is 2.93. The van der Waals surface area contributed by atoms with E-state index in [0.717, 1.165) is 10.1 Å². The third kappa shape index (κ3) is 3.64. The van der Waals surface area contributed by atoms with Crippen LogP contribution in [0.15, 0.2) is 38.6 Å². The first-order valence-corrected chi connectivity index (χ1v) is 9.78. The second kappa shape index (κ2) is 7.92. The number of aromatic nitrogens is 4. The summed E-state index contributed by atoms with van der Waals surface area (Å²) in [5, 5.41) is 3.60. The Bertz CT molecular complexity index is 1160. The summed E-state index contributed by atoms with van der Waals surface area (Å²) in [4.78, 5) is 41.5.